The number of aliphatic carboxylic acids is 1. The first kappa shape index (κ1) is 10.8. The topological polar surface area (TPSA) is 66.3 Å². The Morgan fingerprint density at radius 3 is 2.50 bits per heavy atom. The molecule has 0 amide bonds. The standard InChI is InChI=1S/C14H12N2O2/c15-9-5-7-10(8-6-9)16-12-4-2-1-3-11(12)13(16)14(17)18/h1-8,11-12H,15H2/p+1. The van der Waals surface area contributed by atoms with Crippen molar-refractivity contribution >= 4 is 23.1 Å². The molecule has 4 heteroatoms. The van der Waals surface area contributed by atoms with Crippen molar-refractivity contribution in [2.75, 3.05) is 5.73 Å². The fourth-order valence-electron chi connectivity index (χ4n) is 2.53. The number of carboxylic acids is 1. The van der Waals surface area contributed by atoms with Gasteiger partial charge in [-0.05, 0) is 18.2 Å². The molecule has 0 fully saturated rings. The zero-order chi connectivity index (χ0) is 12.7. The molecular weight excluding hydrogens is 228 g/mol. The van der Waals surface area contributed by atoms with Gasteiger partial charge in [-0.15, -0.1) is 0 Å². The van der Waals surface area contributed by atoms with E-state index in [0.717, 1.165) is 5.69 Å². The molecule has 90 valence electrons. The summed E-state index contributed by atoms with van der Waals surface area (Å²) >= 11 is 0. The van der Waals surface area contributed by atoms with Crippen LogP contribution in [-0.2, 0) is 4.79 Å². The second kappa shape index (κ2) is 3.84. The molecule has 4 nitrogen and oxygen atoms in total. The maximum absolute atomic E-state index is 11.3. The number of allylic oxidation sites excluding steroid dienone is 2. The van der Waals surface area contributed by atoms with E-state index in [2.05, 4.69) is 0 Å². The van der Waals surface area contributed by atoms with Crippen LogP contribution >= 0.6 is 0 Å². The van der Waals surface area contributed by atoms with Gasteiger partial charge in [-0.25, -0.2) is 4.79 Å². The maximum atomic E-state index is 11.3. The van der Waals surface area contributed by atoms with Gasteiger partial charge in [0.15, 0.2) is 6.04 Å². The summed E-state index contributed by atoms with van der Waals surface area (Å²) in [4.78, 5) is 11.3. The van der Waals surface area contributed by atoms with E-state index in [-0.39, 0.29) is 12.0 Å². The summed E-state index contributed by atoms with van der Waals surface area (Å²) in [5.74, 6) is -0.891. The minimum Gasteiger partial charge on any atom is -0.474 e. The Hall–Kier alpha value is -2.36. The summed E-state index contributed by atoms with van der Waals surface area (Å²) in [6, 6.07) is 7.36. The van der Waals surface area contributed by atoms with Gasteiger partial charge in [-0.3, -0.25) is 0 Å². The number of nitrogens with two attached hydrogens (primary N) is 1. The van der Waals surface area contributed by atoms with Crippen molar-refractivity contribution in [3.8, 4) is 0 Å². The third-order valence-electron chi connectivity index (χ3n) is 3.37. The molecule has 0 saturated carbocycles. The molecular formula is C14H13N2O2+. The van der Waals surface area contributed by atoms with Crippen molar-refractivity contribution in [3.63, 3.8) is 0 Å². The Kier molecular flexibility index (Phi) is 2.30. The molecule has 0 saturated heterocycles. The predicted molar refractivity (Wildman–Crippen MR) is 69.0 cm³/mol. The largest absolute Gasteiger partial charge is 0.474 e. The molecule has 0 aromatic heterocycles. The van der Waals surface area contributed by atoms with E-state index in [1.54, 1.807) is 12.1 Å². The van der Waals surface area contributed by atoms with Crippen LogP contribution in [0, 0.1) is 5.92 Å². The Morgan fingerprint density at radius 1 is 1.17 bits per heavy atom. The van der Waals surface area contributed by atoms with Crippen molar-refractivity contribution in [2.24, 2.45) is 5.92 Å². The second-order valence-corrected chi connectivity index (χ2v) is 4.44. The predicted octanol–water partition coefficient (Wildman–Crippen LogP) is 1.56. The summed E-state index contributed by atoms with van der Waals surface area (Å²) in [5, 5.41) is 9.30. The van der Waals surface area contributed by atoms with Crippen LogP contribution < -0.4 is 5.73 Å². The van der Waals surface area contributed by atoms with Crippen molar-refractivity contribution < 1.29 is 14.5 Å². The Morgan fingerprint density at radius 2 is 1.83 bits per heavy atom. The average Bonchev–Trinajstić information content (AvgIpc) is 2.33. The van der Waals surface area contributed by atoms with Gasteiger partial charge in [0, 0.05) is 17.8 Å². The summed E-state index contributed by atoms with van der Waals surface area (Å²) in [6.45, 7) is 0. The number of hydrogen-bond acceptors (Lipinski definition) is 2. The van der Waals surface area contributed by atoms with Crippen LogP contribution in [0.25, 0.3) is 0 Å². The van der Waals surface area contributed by atoms with E-state index in [1.807, 2.05) is 41.0 Å². The van der Waals surface area contributed by atoms with Crippen molar-refractivity contribution in [2.45, 2.75) is 6.04 Å². The number of nitrogen functional groups attached to an aromatic ring is 1. The lowest BCUT2D eigenvalue weighted by Crippen LogP contribution is -2.53. The first-order valence-electron chi connectivity index (χ1n) is 5.78. The van der Waals surface area contributed by atoms with Gasteiger partial charge in [0.05, 0.1) is 0 Å². The van der Waals surface area contributed by atoms with E-state index >= 15 is 0 Å². The fraction of sp³-hybridized carbons (Fsp3) is 0.143. The van der Waals surface area contributed by atoms with Crippen molar-refractivity contribution in [1.29, 1.82) is 0 Å². The summed E-state index contributed by atoms with van der Waals surface area (Å²) < 4.78 is 1.84. The highest BCUT2D eigenvalue weighted by atomic mass is 16.4. The van der Waals surface area contributed by atoms with E-state index in [4.69, 9.17) is 5.73 Å². The molecule has 2 atom stereocenters. The molecule has 1 aliphatic carbocycles. The maximum Gasteiger partial charge on any atom is 0.397 e. The van der Waals surface area contributed by atoms with E-state index < -0.39 is 5.97 Å². The third-order valence-corrected chi connectivity index (χ3v) is 3.37. The quantitative estimate of drug-likeness (QED) is 0.610. The van der Waals surface area contributed by atoms with Gasteiger partial charge in [0.1, 0.15) is 5.92 Å². The van der Waals surface area contributed by atoms with Gasteiger partial charge in [-0.2, -0.15) is 4.58 Å². The fourth-order valence-corrected chi connectivity index (χ4v) is 2.53. The molecule has 3 N–H and O–H groups in total. The van der Waals surface area contributed by atoms with E-state index in [1.165, 1.54) is 0 Å². The van der Waals surface area contributed by atoms with Gasteiger partial charge < -0.3 is 10.8 Å². The number of rotatable bonds is 2. The summed E-state index contributed by atoms with van der Waals surface area (Å²) in [7, 11) is 0. The van der Waals surface area contributed by atoms with E-state index in [9.17, 15) is 9.90 Å². The summed E-state index contributed by atoms with van der Waals surface area (Å²) in [5.41, 5.74) is 7.60. The van der Waals surface area contributed by atoms with Crippen LogP contribution in [0.2, 0.25) is 0 Å². The first-order valence-corrected chi connectivity index (χ1v) is 5.78. The van der Waals surface area contributed by atoms with Gasteiger partial charge in [0.2, 0.25) is 5.69 Å². The highest BCUT2D eigenvalue weighted by Crippen LogP contribution is 2.33. The normalized spacial score (nSPS) is 24.7. The number of hydrogen-bond donors (Lipinski definition) is 2. The van der Waals surface area contributed by atoms with Crippen LogP contribution in [0.15, 0.2) is 48.6 Å². The van der Waals surface area contributed by atoms with E-state index in [0.29, 0.717) is 11.4 Å². The lowest BCUT2D eigenvalue weighted by molar-refractivity contribution is -0.509. The van der Waals surface area contributed by atoms with Crippen molar-refractivity contribution in [3.05, 3.63) is 48.6 Å². The van der Waals surface area contributed by atoms with Crippen LogP contribution in [0.1, 0.15) is 0 Å². The molecule has 1 aromatic rings. The highest BCUT2D eigenvalue weighted by molar-refractivity contribution is 6.36. The number of benzene rings is 1. The first-order chi connectivity index (χ1) is 8.68. The highest BCUT2D eigenvalue weighted by Gasteiger charge is 2.52. The molecule has 1 aromatic carbocycles. The molecule has 2 unspecified atom stereocenters. The lowest BCUT2D eigenvalue weighted by Gasteiger charge is -2.30. The SMILES string of the molecule is Nc1ccc([N+]2=C(C(=O)O)C3C=CC=CC32)cc1. The summed E-state index contributed by atoms with van der Waals surface area (Å²) in [6.07, 6.45) is 7.80. The lowest BCUT2D eigenvalue weighted by atomic mass is 9.82. The second-order valence-electron chi connectivity index (χ2n) is 4.44. The minimum atomic E-state index is -0.868. The zero-order valence-electron chi connectivity index (χ0n) is 9.65. The Balaban J connectivity index is 2.10. The molecule has 0 radical (unpaired) electrons. The molecule has 2 aliphatic rings. The number of fused-ring (bicyclic) bond motifs is 1. The van der Waals surface area contributed by atoms with Crippen LogP contribution in [0.5, 0.6) is 0 Å². The molecule has 3 rings (SSSR count). The van der Waals surface area contributed by atoms with Crippen molar-refractivity contribution in [1.82, 2.24) is 0 Å². The Labute approximate surface area is 104 Å². The number of carboxylic acid groups (broad SMARTS) is 1. The smallest absolute Gasteiger partial charge is 0.397 e. The molecule has 18 heavy (non-hydrogen) atoms. The Bertz CT molecular complexity index is 597. The molecule has 0 spiro atoms. The molecule has 1 aliphatic heterocycles. The third kappa shape index (κ3) is 1.46. The van der Waals surface area contributed by atoms with Gasteiger partial charge in [0.25, 0.3) is 5.71 Å². The average molecular weight is 241 g/mol. The van der Waals surface area contributed by atoms with Gasteiger partial charge >= 0.3 is 5.97 Å². The number of anilines is 1. The van der Waals surface area contributed by atoms with Crippen LogP contribution in [-0.4, -0.2) is 27.4 Å². The van der Waals surface area contributed by atoms with Gasteiger partial charge in [-0.1, -0.05) is 18.2 Å². The monoisotopic (exact) mass is 241 g/mol. The number of nitrogens with zero attached hydrogens (tertiary/aromatic N) is 1. The minimum absolute atomic E-state index is 0.0231. The number of carbonyl (C=O) groups is 1. The zero-order valence-corrected chi connectivity index (χ0v) is 9.65. The molecule has 0 bridgehead atoms. The van der Waals surface area contributed by atoms with Crippen LogP contribution in [0.4, 0.5) is 11.4 Å². The molecule has 1 heterocycles. The van der Waals surface area contributed by atoms with Crippen LogP contribution in [0.3, 0.4) is 0 Å².